The second-order valence-electron chi connectivity index (χ2n) is 8.14. The van der Waals surface area contributed by atoms with E-state index in [9.17, 15) is 13.2 Å². The van der Waals surface area contributed by atoms with E-state index in [2.05, 4.69) is 14.8 Å². The van der Waals surface area contributed by atoms with Crippen molar-refractivity contribution in [2.45, 2.75) is 38.6 Å². The Labute approximate surface area is 193 Å². The van der Waals surface area contributed by atoms with Gasteiger partial charge in [-0.3, -0.25) is 0 Å². The highest BCUT2D eigenvalue weighted by molar-refractivity contribution is 5.63. The van der Waals surface area contributed by atoms with Gasteiger partial charge in [0.15, 0.2) is 5.82 Å². The number of halogens is 3. The zero-order valence-electron chi connectivity index (χ0n) is 18.6. The predicted molar refractivity (Wildman–Crippen MR) is 118 cm³/mol. The van der Waals surface area contributed by atoms with E-state index in [0.29, 0.717) is 23.7 Å². The molecule has 5 rings (SSSR count). The molecule has 0 radical (unpaired) electrons. The van der Waals surface area contributed by atoms with Crippen molar-refractivity contribution in [3.05, 3.63) is 72.1 Å². The third-order valence-corrected chi connectivity index (χ3v) is 5.80. The fourth-order valence-electron chi connectivity index (χ4n) is 4.30. The molecule has 2 aromatic heterocycles. The fraction of sp³-hybridized carbons (Fsp3) is 0.292. The van der Waals surface area contributed by atoms with Crippen LogP contribution in [0.4, 0.5) is 13.2 Å². The first-order valence-electron chi connectivity index (χ1n) is 10.8. The number of imidazole rings is 1. The maximum absolute atomic E-state index is 12.7. The van der Waals surface area contributed by atoms with Gasteiger partial charge >= 0.3 is 6.36 Å². The molecule has 0 saturated carbocycles. The van der Waals surface area contributed by atoms with Gasteiger partial charge in [-0.05, 0) is 55.7 Å². The molecule has 0 fully saturated rings. The molecule has 34 heavy (non-hydrogen) atoms. The molecular weight excluding hydrogens is 447 g/mol. The Morgan fingerprint density at radius 1 is 1.12 bits per heavy atom. The topological polar surface area (TPSA) is 67.0 Å². The van der Waals surface area contributed by atoms with Crippen molar-refractivity contribution < 1.29 is 22.6 Å². The third kappa shape index (κ3) is 4.35. The standard InChI is InChI=1S/C24H22F3N5O2/c1-15-13-31(14-28-15)20-9-8-17(12-21(20)33-2)22-29-23-19(7-4-10-32(23)30-22)16-5-3-6-18(11-16)34-24(25,26)27/h3,5-6,8-9,11-14,19H,4,7,10H2,1-2H3. The van der Waals surface area contributed by atoms with Crippen LogP contribution in [0.2, 0.25) is 0 Å². The van der Waals surface area contributed by atoms with Crippen LogP contribution in [0.25, 0.3) is 17.1 Å². The first-order valence-corrected chi connectivity index (χ1v) is 10.8. The first-order chi connectivity index (χ1) is 16.3. The molecule has 10 heteroatoms. The van der Waals surface area contributed by atoms with E-state index in [-0.39, 0.29) is 11.7 Å². The lowest BCUT2D eigenvalue weighted by Crippen LogP contribution is -2.19. The lowest BCUT2D eigenvalue weighted by atomic mass is 9.91. The molecule has 2 aromatic carbocycles. The number of benzene rings is 2. The van der Waals surface area contributed by atoms with Gasteiger partial charge in [-0.25, -0.2) is 14.6 Å². The van der Waals surface area contributed by atoms with Crippen LogP contribution in [0.1, 0.15) is 35.8 Å². The molecule has 0 aliphatic carbocycles. The van der Waals surface area contributed by atoms with E-state index in [1.807, 2.05) is 40.6 Å². The smallest absolute Gasteiger partial charge is 0.495 e. The minimum Gasteiger partial charge on any atom is -0.495 e. The van der Waals surface area contributed by atoms with E-state index in [4.69, 9.17) is 9.72 Å². The van der Waals surface area contributed by atoms with Crippen molar-refractivity contribution in [2.24, 2.45) is 0 Å². The van der Waals surface area contributed by atoms with Gasteiger partial charge < -0.3 is 14.0 Å². The number of alkyl halides is 3. The number of aryl methyl sites for hydroxylation is 2. The Kier molecular flexibility index (Phi) is 5.51. The second kappa shape index (κ2) is 8.51. The van der Waals surface area contributed by atoms with E-state index in [0.717, 1.165) is 35.6 Å². The zero-order valence-corrected chi connectivity index (χ0v) is 18.6. The van der Waals surface area contributed by atoms with Crippen LogP contribution in [0.15, 0.2) is 55.0 Å². The van der Waals surface area contributed by atoms with Gasteiger partial charge in [-0.15, -0.1) is 13.2 Å². The molecule has 3 heterocycles. The van der Waals surface area contributed by atoms with Crippen LogP contribution in [0, 0.1) is 6.92 Å². The summed E-state index contributed by atoms with van der Waals surface area (Å²) in [4.78, 5) is 9.04. The van der Waals surface area contributed by atoms with E-state index < -0.39 is 6.36 Å². The monoisotopic (exact) mass is 469 g/mol. The number of ether oxygens (including phenoxy) is 2. The summed E-state index contributed by atoms with van der Waals surface area (Å²) >= 11 is 0. The molecule has 176 valence electrons. The van der Waals surface area contributed by atoms with E-state index >= 15 is 0 Å². The summed E-state index contributed by atoms with van der Waals surface area (Å²) in [5.74, 6) is 1.49. The number of hydrogen-bond acceptors (Lipinski definition) is 5. The lowest BCUT2D eigenvalue weighted by Gasteiger charge is -2.22. The Balaban J connectivity index is 1.48. The third-order valence-electron chi connectivity index (χ3n) is 5.80. The molecule has 1 aliphatic rings. The summed E-state index contributed by atoms with van der Waals surface area (Å²) in [7, 11) is 1.60. The Morgan fingerprint density at radius 2 is 1.97 bits per heavy atom. The summed E-state index contributed by atoms with van der Waals surface area (Å²) in [6.45, 7) is 2.61. The Bertz CT molecular complexity index is 1330. The van der Waals surface area contributed by atoms with Crippen molar-refractivity contribution in [2.75, 3.05) is 7.11 Å². The summed E-state index contributed by atoms with van der Waals surface area (Å²) in [5, 5.41) is 4.68. The predicted octanol–water partition coefficient (Wildman–Crippen LogP) is 5.27. The molecule has 1 atom stereocenters. The molecular formula is C24H22F3N5O2. The fourth-order valence-corrected chi connectivity index (χ4v) is 4.30. The Hall–Kier alpha value is -3.82. The van der Waals surface area contributed by atoms with Crippen LogP contribution in [0.3, 0.4) is 0 Å². The minimum absolute atomic E-state index is 0.179. The van der Waals surface area contributed by atoms with E-state index in [1.54, 1.807) is 25.6 Å². The highest BCUT2D eigenvalue weighted by Crippen LogP contribution is 2.36. The average Bonchev–Trinajstić information content (AvgIpc) is 3.43. The summed E-state index contributed by atoms with van der Waals surface area (Å²) in [6, 6.07) is 11.8. The van der Waals surface area contributed by atoms with Crippen molar-refractivity contribution in [3.63, 3.8) is 0 Å². The van der Waals surface area contributed by atoms with Gasteiger partial charge in [0, 0.05) is 24.2 Å². The SMILES string of the molecule is COc1cc(-c2nc3n(n2)CCCC3c2cccc(OC(F)(F)F)c2)ccc1-n1cnc(C)c1. The number of nitrogens with zero attached hydrogens (tertiary/aromatic N) is 5. The van der Waals surface area contributed by atoms with Crippen LogP contribution in [-0.4, -0.2) is 37.8 Å². The zero-order chi connectivity index (χ0) is 23.9. The highest BCUT2D eigenvalue weighted by atomic mass is 19.4. The first kappa shape index (κ1) is 22.0. The van der Waals surface area contributed by atoms with Crippen LogP contribution in [0.5, 0.6) is 11.5 Å². The van der Waals surface area contributed by atoms with Crippen LogP contribution < -0.4 is 9.47 Å². The van der Waals surface area contributed by atoms with Crippen molar-refractivity contribution >= 4 is 0 Å². The maximum Gasteiger partial charge on any atom is 0.573 e. The van der Waals surface area contributed by atoms with Gasteiger partial charge in [0.25, 0.3) is 0 Å². The summed E-state index contributed by atoms with van der Waals surface area (Å²) < 4.78 is 51.5. The van der Waals surface area contributed by atoms with E-state index in [1.165, 1.54) is 12.1 Å². The minimum atomic E-state index is -4.74. The van der Waals surface area contributed by atoms with Crippen molar-refractivity contribution in [1.82, 2.24) is 24.3 Å². The molecule has 0 amide bonds. The second-order valence-corrected chi connectivity index (χ2v) is 8.14. The number of rotatable bonds is 5. The maximum atomic E-state index is 12.7. The van der Waals surface area contributed by atoms with Gasteiger partial charge in [0.2, 0.25) is 0 Å². The summed E-state index contributed by atoms with van der Waals surface area (Å²) in [6.07, 6.45) is 0.496. The van der Waals surface area contributed by atoms with Gasteiger partial charge in [-0.1, -0.05) is 12.1 Å². The number of methoxy groups -OCH3 is 1. The Morgan fingerprint density at radius 3 is 2.71 bits per heavy atom. The molecule has 0 bridgehead atoms. The number of hydrogen-bond donors (Lipinski definition) is 0. The van der Waals surface area contributed by atoms with Crippen LogP contribution in [-0.2, 0) is 6.54 Å². The molecule has 0 N–H and O–H groups in total. The van der Waals surface area contributed by atoms with Crippen molar-refractivity contribution in [1.29, 1.82) is 0 Å². The molecule has 4 aromatic rings. The quantitative estimate of drug-likeness (QED) is 0.398. The highest BCUT2D eigenvalue weighted by Gasteiger charge is 2.32. The largest absolute Gasteiger partial charge is 0.573 e. The lowest BCUT2D eigenvalue weighted by molar-refractivity contribution is -0.274. The molecule has 1 aliphatic heterocycles. The molecule has 0 saturated heterocycles. The van der Waals surface area contributed by atoms with Gasteiger partial charge in [0.1, 0.15) is 17.3 Å². The molecule has 7 nitrogen and oxygen atoms in total. The average molecular weight is 469 g/mol. The number of aromatic nitrogens is 5. The molecule has 1 unspecified atom stereocenters. The van der Waals surface area contributed by atoms with Gasteiger partial charge in [-0.2, -0.15) is 5.10 Å². The molecule has 0 spiro atoms. The normalized spacial score (nSPS) is 15.7. The summed E-state index contributed by atoms with van der Waals surface area (Å²) in [5.41, 5.74) is 3.23. The van der Waals surface area contributed by atoms with Gasteiger partial charge in [0.05, 0.1) is 24.8 Å². The van der Waals surface area contributed by atoms with Crippen molar-refractivity contribution in [3.8, 4) is 28.6 Å². The van der Waals surface area contributed by atoms with Crippen LogP contribution >= 0.6 is 0 Å². The number of fused-ring (bicyclic) bond motifs is 1.